The van der Waals surface area contributed by atoms with E-state index in [-0.39, 0.29) is 11.9 Å². The maximum absolute atomic E-state index is 12.8. The lowest BCUT2D eigenvalue weighted by Crippen LogP contribution is -3.06. The van der Waals surface area contributed by atoms with Crippen molar-refractivity contribution in [3.8, 4) is 11.5 Å². The quantitative estimate of drug-likeness (QED) is 0.790. The number of amides is 1. The van der Waals surface area contributed by atoms with Gasteiger partial charge in [0.05, 0.1) is 33.3 Å². The highest BCUT2D eigenvalue weighted by Crippen LogP contribution is 2.36. The van der Waals surface area contributed by atoms with Crippen LogP contribution in [0.3, 0.4) is 0 Å². The minimum Gasteiger partial charge on any atom is -0.493 e. The molecular weight excluding hydrogens is 340 g/mol. The highest BCUT2D eigenvalue weighted by Gasteiger charge is 2.21. The Kier molecular flexibility index (Phi) is 6.67. The fourth-order valence-corrected chi connectivity index (χ4v) is 2.92. The molecule has 0 aliphatic heterocycles. The van der Waals surface area contributed by atoms with Crippen LogP contribution in [0.1, 0.15) is 22.0 Å². The van der Waals surface area contributed by atoms with Crippen molar-refractivity contribution in [2.45, 2.75) is 6.04 Å². The topological polar surface area (TPSA) is 52.0 Å². The zero-order chi connectivity index (χ0) is 18.4. The first-order valence-electron chi connectivity index (χ1n) is 8.02. The van der Waals surface area contributed by atoms with Gasteiger partial charge in [-0.05, 0) is 17.7 Å². The zero-order valence-electron chi connectivity index (χ0n) is 14.9. The van der Waals surface area contributed by atoms with Crippen molar-refractivity contribution in [1.29, 1.82) is 0 Å². The van der Waals surface area contributed by atoms with Crippen LogP contribution in [0.4, 0.5) is 0 Å². The van der Waals surface area contributed by atoms with Gasteiger partial charge in [0, 0.05) is 5.56 Å². The molecule has 0 saturated carbocycles. The first kappa shape index (κ1) is 19.1. The summed E-state index contributed by atoms with van der Waals surface area (Å²) >= 11 is 6.21. The Bertz CT molecular complexity index is 720. The molecule has 0 fully saturated rings. The van der Waals surface area contributed by atoms with Gasteiger partial charge in [0.25, 0.3) is 5.91 Å². The predicted octanol–water partition coefficient (Wildman–Crippen LogP) is 1.97. The number of benzene rings is 2. The summed E-state index contributed by atoms with van der Waals surface area (Å²) in [6.45, 7) is 0.761. The van der Waals surface area contributed by atoms with Crippen molar-refractivity contribution < 1.29 is 19.2 Å². The minimum atomic E-state index is -0.210. The number of methoxy groups -OCH3 is 2. The maximum atomic E-state index is 12.8. The number of ether oxygens (including phenoxy) is 2. The van der Waals surface area contributed by atoms with Gasteiger partial charge in [-0.15, -0.1) is 0 Å². The SMILES string of the molecule is COc1cc(C(=O)N[C@@H](C[NH+](C)C)c2ccccc2)cc(Cl)c1OC. The molecule has 2 aromatic carbocycles. The van der Waals surface area contributed by atoms with E-state index >= 15 is 0 Å². The van der Waals surface area contributed by atoms with E-state index in [2.05, 4.69) is 19.4 Å². The van der Waals surface area contributed by atoms with E-state index in [1.54, 1.807) is 12.1 Å². The molecule has 0 heterocycles. The smallest absolute Gasteiger partial charge is 0.252 e. The molecule has 6 heteroatoms. The van der Waals surface area contributed by atoms with Gasteiger partial charge in [0.1, 0.15) is 12.6 Å². The van der Waals surface area contributed by atoms with E-state index in [0.717, 1.165) is 12.1 Å². The second-order valence-electron chi connectivity index (χ2n) is 6.04. The number of hydrogen-bond acceptors (Lipinski definition) is 3. The number of carbonyl (C=O) groups excluding carboxylic acids is 1. The highest BCUT2D eigenvalue weighted by molar-refractivity contribution is 6.32. The monoisotopic (exact) mass is 363 g/mol. The first-order chi connectivity index (χ1) is 12.0. The van der Waals surface area contributed by atoms with E-state index in [0.29, 0.717) is 22.1 Å². The number of quaternary nitrogens is 1. The third-order valence-corrected chi connectivity index (χ3v) is 4.10. The summed E-state index contributed by atoms with van der Waals surface area (Å²) in [7, 11) is 7.12. The molecule has 0 saturated heterocycles. The summed E-state index contributed by atoms with van der Waals surface area (Å²) in [5, 5.41) is 3.42. The summed E-state index contributed by atoms with van der Waals surface area (Å²) in [6.07, 6.45) is 0. The Balaban J connectivity index is 2.28. The summed E-state index contributed by atoms with van der Waals surface area (Å²) < 4.78 is 10.5. The Morgan fingerprint density at radius 3 is 2.40 bits per heavy atom. The molecule has 2 N–H and O–H groups in total. The normalized spacial score (nSPS) is 11.9. The second-order valence-corrected chi connectivity index (χ2v) is 6.45. The van der Waals surface area contributed by atoms with E-state index in [1.165, 1.54) is 19.1 Å². The minimum absolute atomic E-state index is 0.106. The van der Waals surface area contributed by atoms with Crippen LogP contribution in [0, 0.1) is 0 Å². The molecule has 0 radical (unpaired) electrons. The van der Waals surface area contributed by atoms with Crippen molar-refractivity contribution in [1.82, 2.24) is 5.32 Å². The van der Waals surface area contributed by atoms with Crippen molar-refractivity contribution in [2.75, 3.05) is 34.9 Å². The number of nitrogens with one attached hydrogen (secondary N) is 2. The fraction of sp³-hybridized carbons (Fsp3) is 0.316. The van der Waals surface area contributed by atoms with Gasteiger partial charge in [-0.2, -0.15) is 0 Å². The summed E-state index contributed by atoms with van der Waals surface area (Å²) in [6, 6.07) is 13.0. The van der Waals surface area contributed by atoms with Crippen LogP contribution in [-0.2, 0) is 0 Å². The molecule has 0 spiro atoms. The van der Waals surface area contributed by atoms with Crippen molar-refractivity contribution >= 4 is 17.5 Å². The first-order valence-corrected chi connectivity index (χ1v) is 8.40. The molecule has 0 unspecified atom stereocenters. The molecule has 0 aliphatic carbocycles. The van der Waals surface area contributed by atoms with Gasteiger partial charge >= 0.3 is 0 Å². The molecule has 2 rings (SSSR count). The average molecular weight is 364 g/mol. The third kappa shape index (κ3) is 4.87. The number of rotatable bonds is 7. The maximum Gasteiger partial charge on any atom is 0.252 e. The Morgan fingerprint density at radius 1 is 1.16 bits per heavy atom. The molecule has 0 bridgehead atoms. The van der Waals surface area contributed by atoms with Crippen molar-refractivity contribution in [3.63, 3.8) is 0 Å². The van der Waals surface area contributed by atoms with Crippen molar-refractivity contribution in [3.05, 3.63) is 58.6 Å². The van der Waals surface area contributed by atoms with Gasteiger partial charge in [-0.1, -0.05) is 41.9 Å². The number of carbonyl (C=O) groups is 1. The fourth-order valence-electron chi connectivity index (χ4n) is 2.64. The third-order valence-electron chi connectivity index (χ3n) is 3.82. The molecule has 5 nitrogen and oxygen atoms in total. The van der Waals surface area contributed by atoms with E-state index < -0.39 is 0 Å². The number of halogens is 1. The van der Waals surface area contributed by atoms with Crippen LogP contribution in [0.25, 0.3) is 0 Å². The van der Waals surface area contributed by atoms with Crippen LogP contribution in [0.5, 0.6) is 11.5 Å². The van der Waals surface area contributed by atoms with E-state index in [9.17, 15) is 4.79 Å². The molecule has 2 aromatic rings. The second kappa shape index (κ2) is 8.74. The van der Waals surface area contributed by atoms with Crippen LogP contribution in [0.15, 0.2) is 42.5 Å². The lowest BCUT2D eigenvalue weighted by Gasteiger charge is -2.21. The summed E-state index contributed by atoms with van der Waals surface area (Å²) in [5.41, 5.74) is 1.49. The Labute approximate surface area is 153 Å². The number of likely N-dealkylation sites (N-methyl/N-ethyl adjacent to an activating group) is 1. The van der Waals surface area contributed by atoms with Crippen LogP contribution < -0.4 is 19.7 Å². The Hall–Kier alpha value is -2.24. The van der Waals surface area contributed by atoms with Gasteiger partial charge in [-0.3, -0.25) is 4.79 Å². The largest absolute Gasteiger partial charge is 0.493 e. The highest BCUT2D eigenvalue weighted by atomic mass is 35.5. The van der Waals surface area contributed by atoms with Crippen molar-refractivity contribution in [2.24, 2.45) is 0 Å². The molecule has 25 heavy (non-hydrogen) atoms. The molecule has 0 aromatic heterocycles. The average Bonchev–Trinajstić information content (AvgIpc) is 2.60. The summed E-state index contributed by atoms with van der Waals surface area (Å²) in [4.78, 5) is 14.0. The molecule has 1 amide bonds. The van der Waals surface area contributed by atoms with E-state index in [1.807, 2.05) is 30.3 Å². The van der Waals surface area contributed by atoms with Gasteiger partial charge in [0.15, 0.2) is 11.5 Å². The number of hydrogen-bond donors (Lipinski definition) is 2. The molecule has 134 valence electrons. The van der Waals surface area contributed by atoms with Crippen LogP contribution in [-0.4, -0.2) is 40.8 Å². The lowest BCUT2D eigenvalue weighted by atomic mass is 10.1. The van der Waals surface area contributed by atoms with Crippen LogP contribution >= 0.6 is 11.6 Å². The van der Waals surface area contributed by atoms with Crippen LogP contribution in [0.2, 0.25) is 5.02 Å². The Morgan fingerprint density at radius 2 is 1.84 bits per heavy atom. The lowest BCUT2D eigenvalue weighted by molar-refractivity contribution is -0.860. The van der Waals surface area contributed by atoms with Gasteiger partial charge in [0.2, 0.25) is 0 Å². The van der Waals surface area contributed by atoms with E-state index in [4.69, 9.17) is 21.1 Å². The summed E-state index contributed by atoms with van der Waals surface area (Å²) in [5.74, 6) is 0.630. The molecule has 1 atom stereocenters. The molecule has 0 aliphatic rings. The van der Waals surface area contributed by atoms with Gasteiger partial charge in [-0.25, -0.2) is 0 Å². The van der Waals surface area contributed by atoms with Gasteiger partial charge < -0.3 is 19.7 Å². The zero-order valence-corrected chi connectivity index (χ0v) is 15.7. The molecular formula is C19H24ClN2O3+. The predicted molar refractivity (Wildman–Crippen MR) is 98.9 cm³/mol. The standard InChI is InChI=1S/C19H23ClN2O3/c1-22(2)12-16(13-8-6-5-7-9-13)21-19(23)14-10-15(20)18(25-4)17(11-14)24-3/h5-11,16H,12H2,1-4H3,(H,21,23)/p+1/t16-/m0/s1.